The zero-order valence-electron chi connectivity index (χ0n) is 17.0. The van der Waals surface area contributed by atoms with Crippen molar-refractivity contribution in [1.29, 1.82) is 0 Å². The fourth-order valence-electron chi connectivity index (χ4n) is 5.03. The van der Waals surface area contributed by atoms with Gasteiger partial charge < -0.3 is 19.9 Å². The largest absolute Gasteiger partial charge is 0.507 e. The van der Waals surface area contributed by atoms with E-state index in [1.807, 2.05) is 18.2 Å². The molecule has 1 aliphatic carbocycles. The molecule has 2 saturated heterocycles. The molecule has 6 rings (SSSR count). The quantitative estimate of drug-likeness (QED) is 0.643. The number of fused-ring (bicyclic) bond motifs is 5. The number of phenols is 1. The maximum atomic E-state index is 10.5. The molecule has 1 saturated carbocycles. The van der Waals surface area contributed by atoms with E-state index in [4.69, 9.17) is 9.47 Å². The van der Waals surface area contributed by atoms with Gasteiger partial charge in [-0.15, -0.1) is 10.2 Å². The molecular weight excluding hydrogens is 396 g/mol. The Morgan fingerprint density at radius 1 is 1.00 bits per heavy atom. The average Bonchev–Trinajstić information content (AvgIpc) is 3.56. The number of aromatic hydroxyl groups is 1. The first-order valence-corrected chi connectivity index (χ1v) is 10.5. The van der Waals surface area contributed by atoms with E-state index in [0.29, 0.717) is 40.6 Å². The van der Waals surface area contributed by atoms with Crippen molar-refractivity contribution >= 4 is 0 Å². The summed E-state index contributed by atoms with van der Waals surface area (Å²) < 4.78 is 11.1. The third kappa shape index (κ3) is 3.34. The molecule has 2 bridgehead atoms. The maximum absolute atomic E-state index is 10.5. The highest BCUT2D eigenvalue weighted by atomic mass is 16.5. The lowest BCUT2D eigenvalue weighted by Crippen LogP contribution is -2.45. The van der Waals surface area contributed by atoms with Crippen molar-refractivity contribution in [3.63, 3.8) is 0 Å². The van der Waals surface area contributed by atoms with Crippen molar-refractivity contribution in [3.8, 4) is 40.3 Å². The molecule has 3 unspecified atom stereocenters. The Hall–Kier alpha value is -3.33. The van der Waals surface area contributed by atoms with Crippen LogP contribution in [0.4, 0.5) is 0 Å². The zero-order chi connectivity index (χ0) is 20.9. The summed E-state index contributed by atoms with van der Waals surface area (Å²) in [6.07, 6.45) is 5.00. The topological polar surface area (TPSA) is 115 Å². The Kier molecular flexibility index (Phi) is 4.24. The fraction of sp³-hybridized carbons (Fsp3) is 0.409. The van der Waals surface area contributed by atoms with Crippen LogP contribution in [0.1, 0.15) is 19.3 Å². The van der Waals surface area contributed by atoms with Gasteiger partial charge in [0.1, 0.15) is 18.2 Å². The van der Waals surface area contributed by atoms with Crippen LogP contribution in [-0.4, -0.2) is 55.6 Å². The molecule has 158 valence electrons. The number of ether oxygens (including phenoxy) is 2. The first-order valence-electron chi connectivity index (χ1n) is 10.5. The van der Waals surface area contributed by atoms with E-state index < -0.39 is 0 Å². The summed E-state index contributed by atoms with van der Waals surface area (Å²) in [7, 11) is 1.49. The third-order valence-electron chi connectivity index (χ3n) is 6.58. The molecular formula is C22H22N6O3. The van der Waals surface area contributed by atoms with Gasteiger partial charge in [-0.1, -0.05) is 6.07 Å². The zero-order valence-corrected chi connectivity index (χ0v) is 17.0. The molecule has 9 nitrogen and oxygen atoms in total. The second-order valence-electron chi connectivity index (χ2n) is 8.44. The van der Waals surface area contributed by atoms with Gasteiger partial charge in [0.15, 0.2) is 5.82 Å². The van der Waals surface area contributed by atoms with Crippen LogP contribution in [0.5, 0.6) is 17.6 Å². The van der Waals surface area contributed by atoms with Crippen LogP contribution in [0, 0.1) is 11.8 Å². The highest BCUT2D eigenvalue weighted by Crippen LogP contribution is 2.53. The van der Waals surface area contributed by atoms with Gasteiger partial charge in [-0.25, -0.2) is 4.98 Å². The van der Waals surface area contributed by atoms with Gasteiger partial charge in [0, 0.05) is 42.1 Å². The van der Waals surface area contributed by atoms with E-state index in [-0.39, 0.29) is 17.9 Å². The SMILES string of the molecule is COc1ncnc(-c2ccc(-c3ccc(OC4CC5NC(C4)[C@@H]4C[C@H]54)nn3)c(O)c2)n1. The van der Waals surface area contributed by atoms with Crippen LogP contribution in [0.15, 0.2) is 36.7 Å². The van der Waals surface area contributed by atoms with Gasteiger partial charge in [-0.05, 0) is 36.5 Å². The number of nitrogens with one attached hydrogen (secondary N) is 1. The molecule has 0 amide bonds. The third-order valence-corrected chi connectivity index (χ3v) is 6.58. The van der Waals surface area contributed by atoms with E-state index >= 15 is 0 Å². The molecule has 9 heteroatoms. The number of methoxy groups -OCH3 is 1. The van der Waals surface area contributed by atoms with Crippen LogP contribution in [-0.2, 0) is 0 Å². The minimum atomic E-state index is 0.0639. The molecule has 3 aromatic rings. The molecule has 3 fully saturated rings. The number of nitrogens with zero attached hydrogens (tertiary/aromatic N) is 5. The number of piperidine rings is 2. The minimum Gasteiger partial charge on any atom is -0.507 e. The van der Waals surface area contributed by atoms with E-state index in [2.05, 4.69) is 30.5 Å². The highest BCUT2D eigenvalue weighted by molar-refractivity contribution is 5.71. The predicted octanol–water partition coefficient (Wildman–Crippen LogP) is 2.23. The fourth-order valence-corrected chi connectivity index (χ4v) is 5.03. The monoisotopic (exact) mass is 418 g/mol. The second kappa shape index (κ2) is 7.12. The maximum Gasteiger partial charge on any atom is 0.319 e. The van der Waals surface area contributed by atoms with Crippen molar-refractivity contribution < 1.29 is 14.6 Å². The summed E-state index contributed by atoms with van der Waals surface area (Å²) in [6, 6.07) is 10.2. The number of hydrogen-bond donors (Lipinski definition) is 2. The standard InChI is InChI=1S/C22H22N6O3/c1-30-22-24-10-23-21(26-22)11-2-3-13(19(29)6-11)16-4-5-20(28-27-16)31-12-7-17-14-9-15(14)18(8-12)25-17/h2-6,10,12,14-15,17-18,25,29H,7-9H2,1H3/t12?,14-,15+,17?,18?. The van der Waals surface area contributed by atoms with Crippen LogP contribution in [0.2, 0.25) is 0 Å². The first kappa shape index (κ1) is 18.4. The van der Waals surface area contributed by atoms with E-state index in [9.17, 15) is 5.11 Å². The lowest BCUT2D eigenvalue weighted by Gasteiger charge is -2.31. The summed E-state index contributed by atoms with van der Waals surface area (Å²) in [5.41, 5.74) is 1.79. The summed E-state index contributed by atoms with van der Waals surface area (Å²) in [5.74, 6) is 2.72. The van der Waals surface area contributed by atoms with E-state index in [1.54, 1.807) is 12.1 Å². The number of phenolic OH excluding ortho intramolecular Hbond substituents is 1. The van der Waals surface area contributed by atoms with Gasteiger partial charge in [-0.2, -0.15) is 9.97 Å². The second-order valence-corrected chi connectivity index (χ2v) is 8.44. The Morgan fingerprint density at radius 2 is 1.84 bits per heavy atom. The normalized spacial score (nSPS) is 28.1. The molecule has 2 aliphatic heterocycles. The summed E-state index contributed by atoms with van der Waals surface area (Å²) in [5, 5.41) is 22.8. The Bertz CT molecular complexity index is 1110. The molecule has 4 heterocycles. The molecule has 3 aliphatic rings. The lowest BCUT2D eigenvalue weighted by molar-refractivity contribution is 0.119. The van der Waals surface area contributed by atoms with Gasteiger partial charge in [0.25, 0.3) is 0 Å². The van der Waals surface area contributed by atoms with Gasteiger partial charge >= 0.3 is 6.01 Å². The molecule has 31 heavy (non-hydrogen) atoms. The Morgan fingerprint density at radius 3 is 2.55 bits per heavy atom. The molecule has 1 aromatic carbocycles. The number of rotatable bonds is 5. The van der Waals surface area contributed by atoms with E-state index in [0.717, 1.165) is 24.7 Å². The number of aromatic nitrogens is 5. The first-order chi connectivity index (χ1) is 15.2. The average molecular weight is 418 g/mol. The minimum absolute atomic E-state index is 0.0639. The van der Waals surface area contributed by atoms with E-state index in [1.165, 1.54) is 19.9 Å². The Balaban J connectivity index is 1.17. The van der Waals surface area contributed by atoms with Crippen LogP contribution >= 0.6 is 0 Å². The van der Waals surface area contributed by atoms with Crippen molar-refractivity contribution in [3.05, 3.63) is 36.7 Å². The van der Waals surface area contributed by atoms with Gasteiger partial charge in [0.05, 0.1) is 12.8 Å². The molecule has 5 atom stereocenters. The molecule has 2 N–H and O–H groups in total. The van der Waals surface area contributed by atoms with Gasteiger partial charge in [0.2, 0.25) is 5.88 Å². The highest BCUT2D eigenvalue weighted by Gasteiger charge is 2.57. The van der Waals surface area contributed by atoms with Crippen LogP contribution < -0.4 is 14.8 Å². The Labute approximate surface area is 178 Å². The summed E-state index contributed by atoms with van der Waals surface area (Å²) in [6.45, 7) is 0. The summed E-state index contributed by atoms with van der Waals surface area (Å²) >= 11 is 0. The summed E-state index contributed by atoms with van der Waals surface area (Å²) in [4.78, 5) is 12.2. The smallest absolute Gasteiger partial charge is 0.319 e. The number of hydrogen-bond acceptors (Lipinski definition) is 9. The van der Waals surface area contributed by atoms with Gasteiger partial charge in [-0.3, -0.25) is 0 Å². The predicted molar refractivity (Wildman–Crippen MR) is 110 cm³/mol. The lowest BCUT2D eigenvalue weighted by atomic mass is 9.98. The van der Waals surface area contributed by atoms with Crippen LogP contribution in [0.3, 0.4) is 0 Å². The van der Waals surface area contributed by atoms with Crippen molar-refractivity contribution in [1.82, 2.24) is 30.5 Å². The number of benzene rings is 1. The molecule has 2 aromatic heterocycles. The van der Waals surface area contributed by atoms with Crippen LogP contribution in [0.25, 0.3) is 22.6 Å². The van der Waals surface area contributed by atoms with Crippen molar-refractivity contribution in [2.75, 3.05) is 7.11 Å². The molecule has 0 radical (unpaired) electrons. The van der Waals surface area contributed by atoms with Crippen molar-refractivity contribution in [2.45, 2.75) is 37.5 Å². The molecule has 0 spiro atoms. The van der Waals surface area contributed by atoms with Crippen molar-refractivity contribution in [2.24, 2.45) is 11.8 Å².